The van der Waals surface area contributed by atoms with Crippen molar-refractivity contribution in [2.24, 2.45) is 0 Å². The van der Waals surface area contributed by atoms with E-state index in [1.165, 1.54) is 41.3 Å². The van der Waals surface area contributed by atoms with Crippen LogP contribution in [0.15, 0.2) is 72.4 Å². The highest BCUT2D eigenvalue weighted by atomic mass is 31.1. The molecule has 1 atom stereocenters. The molecule has 0 radical (unpaired) electrons. The Morgan fingerprint density at radius 1 is 0.903 bits per heavy atom. The third-order valence-corrected chi connectivity index (χ3v) is 12.5. The average molecular weight is 453 g/mol. The largest absolute Gasteiger partial charge is 0.264 e. The van der Waals surface area contributed by atoms with Gasteiger partial charge in [0.05, 0.1) is 5.16 Å². The lowest BCUT2D eigenvalue weighted by atomic mass is 9.83. The van der Waals surface area contributed by atoms with Crippen LogP contribution in [0.5, 0.6) is 0 Å². The van der Waals surface area contributed by atoms with Gasteiger partial charge in [0.25, 0.3) is 0 Å². The zero-order valence-corrected chi connectivity index (χ0v) is 22.1. The Balaban J connectivity index is 2.15. The fraction of sp³-hybridized carbons (Fsp3) is 0.481. The van der Waals surface area contributed by atoms with Gasteiger partial charge in [0.1, 0.15) is 0 Å². The van der Waals surface area contributed by atoms with E-state index in [1.807, 2.05) is 36.9 Å². The molecular formula is C27H38N2P2. The lowest BCUT2D eigenvalue weighted by Gasteiger charge is -2.46. The summed E-state index contributed by atoms with van der Waals surface area (Å²) in [7, 11) is 2.97. The van der Waals surface area contributed by atoms with E-state index in [0.29, 0.717) is 10.3 Å². The monoisotopic (exact) mass is 452 g/mol. The van der Waals surface area contributed by atoms with Gasteiger partial charge >= 0.3 is 0 Å². The van der Waals surface area contributed by atoms with Crippen LogP contribution in [0.1, 0.15) is 71.9 Å². The Morgan fingerprint density at radius 2 is 1.42 bits per heavy atom. The summed E-state index contributed by atoms with van der Waals surface area (Å²) in [5.41, 5.74) is 5.40. The first kappa shape index (κ1) is 24.3. The first-order valence-electron chi connectivity index (χ1n) is 11.4. The molecule has 0 amide bonds. The molecule has 0 bridgehead atoms. The smallest absolute Gasteiger partial charge is 0.0590 e. The summed E-state index contributed by atoms with van der Waals surface area (Å²) in [6.07, 6.45) is 17.0. The van der Waals surface area contributed by atoms with E-state index in [0.717, 1.165) is 6.42 Å². The fourth-order valence-corrected chi connectivity index (χ4v) is 9.16. The molecule has 2 heterocycles. The van der Waals surface area contributed by atoms with Crippen molar-refractivity contribution in [1.29, 1.82) is 0 Å². The Morgan fingerprint density at radius 3 is 1.84 bits per heavy atom. The molecule has 166 valence electrons. The zero-order chi connectivity index (χ0) is 22.7. The number of nitrogens with zero attached hydrogens (tertiary/aromatic N) is 2. The highest BCUT2D eigenvalue weighted by Crippen LogP contribution is 2.64. The Labute approximate surface area is 193 Å². The molecule has 0 aromatic carbocycles. The minimum Gasteiger partial charge on any atom is -0.264 e. The van der Waals surface area contributed by atoms with Crippen LogP contribution in [-0.2, 0) is 5.16 Å². The predicted molar refractivity (Wildman–Crippen MR) is 140 cm³/mol. The zero-order valence-electron chi connectivity index (χ0n) is 20.0. The molecule has 0 N–H and O–H groups in total. The van der Waals surface area contributed by atoms with Crippen LogP contribution in [-0.4, -0.2) is 26.4 Å². The predicted octanol–water partition coefficient (Wildman–Crippen LogP) is 7.71. The number of hydrogen-bond acceptors (Lipinski definition) is 2. The van der Waals surface area contributed by atoms with Gasteiger partial charge in [-0.3, -0.25) is 9.97 Å². The number of hydrogen-bond donors (Lipinski definition) is 0. The van der Waals surface area contributed by atoms with Gasteiger partial charge in [0, 0.05) is 24.8 Å². The molecule has 2 aromatic heterocycles. The van der Waals surface area contributed by atoms with Gasteiger partial charge in [0.15, 0.2) is 0 Å². The second-order valence-corrected chi connectivity index (χ2v) is 14.3. The van der Waals surface area contributed by atoms with Crippen LogP contribution in [0.2, 0.25) is 0 Å². The molecule has 0 saturated carbocycles. The van der Waals surface area contributed by atoms with Gasteiger partial charge < -0.3 is 0 Å². The fourth-order valence-electron chi connectivity index (χ4n) is 4.62. The average Bonchev–Trinajstić information content (AvgIpc) is 3.27. The quantitative estimate of drug-likeness (QED) is 0.364. The van der Waals surface area contributed by atoms with Crippen molar-refractivity contribution in [2.45, 2.75) is 76.3 Å². The molecule has 0 aliphatic heterocycles. The second-order valence-electron chi connectivity index (χ2n) is 9.82. The number of allylic oxidation sites excluding steroid dienone is 4. The van der Waals surface area contributed by atoms with Gasteiger partial charge in [-0.2, -0.15) is 0 Å². The van der Waals surface area contributed by atoms with E-state index >= 15 is 0 Å². The maximum absolute atomic E-state index is 4.47. The molecule has 0 fully saturated rings. The van der Waals surface area contributed by atoms with Gasteiger partial charge in [-0.05, 0) is 70.1 Å². The minimum atomic E-state index is -0.310. The summed E-state index contributed by atoms with van der Waals surface area (Å²) in [4.78, 5) is 8.93. The number of pyridine rings is 2. The Bertz CT molecular complexity index is 875. The van der Waals surface area contributed by atoms with Crippen molar-refractivity contribution in [2.75, 3.05) is 6.16 Å². The Hall–Kier alpha value is -1.36. The van der Waals surface area contributed by atoms with Crippen molar-refractivity contribution in [3.8, 4) is 0 Å². The SMILES string of the molecule is CCC(C)(C)P(CC1=C(C(P)(c2cccnc2)c2cccnc2)CC=C1)C(C)(C)CC. The van der Waals surface area contributed by atoms with E-state index in [1.54, 1.807) is 0 Å². The maximum atomic E-state index is 4.47. The lowest BCUT2D eigenvalue weighted by molar-refractivity contribution is 0.604. The van der Waals surface area contributed by atoms with E-state index in [9.17, 15) is 0 Å². The third-order valence-electron chi connectivity index (χ3n) is 7.26. The van der Waals surface area contributed by atoms with Crippen molar-refractivity contribution in [3.05, 3.63) is 83.5 Å². The summed E-state index contributed by atoms with van der Waals surface area (Å²) in [5.74, 6) is 0. The molecule has 2 nitrogen and oxygen atoms in total. The first-order valence-corrected chi connectivity index (χ1v) is 13.5. The molecule has 0 spiro atoms. The van der Waals surface area contributed by atoms with Crippen LogP contribution in [0, 0.1) is 0 Å². The highest BCUT2D eigenvalue weighted by Gasteiger charge is 2.41. The van der Waals surface area contributed by atoms with Gasteiger partial charge in [-0.1, -0.05) is 73.7 Å². The van der Waals surface area contributed by atoms with Crippen LogP contribution >= 0.6 is 17.2 Å². The molecule has 1 aliphatic rings. The molecule has 4 heteroatoms. The molecule has 1 aliphatic carbocycles. The number of rotatable bonds is 9. The van der Waals surface area contributed by atoms with Crippen molar-refractivity contribution in [1.82, 2.24) is 9.97 Å². The molecule has 3 rings (SSSR count). The molecule has 0 saturated heterocycles. The van der Waals surface area contributed by atoms with E-state index in [4.69, 9.17) is 0 Å². The van der Waals surface area contributed by atoms with Gasteiger partial charge in [-0.15, -0.1) is 9.24 Å². The third kappa shape index (κ3) is 4.86. The summed E-state index contributed by atoms with van der Waals surface area (Å²) in [6.45, 7) is 14.6. The first-order chi connectivity index (χ1) is 14.7. The summed E-state index contributed by atoms with van der Waals surface area (Å²) in [6, 6.07) is 8.48. The maximum Gasteiger partial charge on any atom is 0.0590 e. The number of aromatic nitrogens is 2. The van der Waals surface area contributed by atoms with Gasteiger partial charge in [-0.25, -0.2) is 0 Å². The van der Waals surface area contributed by atoms with Crippen LogP contribution in [0.4, 0.5) is 0 Å². The van der Waals surface area contributed by atoms with E-state index < -0.39 is 0 Å². The standard InChI is InChI=1S/C27H38N2P2/c1-7-25(3,4)31(26(5,6)8-2)20-21-12-9-15-24(21)27(30,22-13-10-16-28-18-22)23-14-11-17-29-19-23/h9-14,16-19H,7-8,15,20,30H2,1-6H3. The second kappa shape index (κ2) is 9.64. The Kier molecular flexibility index (Phi) is 7.55. The normalized spacial score (nSPS) is 15.2. The summed E-state index contributed by atoms with van der Waals surface area (Å²) >= 11 is 0. The van der Waals surface area contributed by atoms with Crippen LogP contribution < -0.4 is 0 Å². The molecular weight excluding hydrogens is 414 g/mol. The van der Waals surface area contributed by atoms with E-state index in [-0.39, 0.29) is 13.1 Å². The van der Waals surface area contributed by atoms with Gasteiger partial charge in [0.2, 0.25) is 0 Å². The van der Waals surface area contributed by atoms with Crippen molar-refractivity contribution in [3.63, 3.8) is 0 Å². The highest BCUT2D eigenvalue weighted by molar-refractivity contribution is 7.61. The van der Waals surface area contributed by atoms with Crippen LogP contribution in [0.25, 0.3) is 0 Å². The molecule has 31 heavy (non-hydrogen) atoms. The van der Waals surface area contributed by atoms with Crippen LogP contribution in [0.3, 0.4) is 0 Å². The minimum absolute atomic E-state index is 0.220. The topological polar surface area (TPSA) is 25.8 Å². The molecule has 2 aromatic rings. The summed E-state index contributed by atoms with van der Waals surface area (Å²) < 4.78 is 0. The van der Waals surface area contributed by atoms with Crippen molar-refractivity contribution < 1.29 is 0 Å². The van der Waals surface area contributed by atoms with Crippen molar-refractivity contribution >= 4 is 17.2 Å². The summed E-state index contributed by atoms with van der Waals surface area (Å²) in [5, 5.41) is 0.375. The molecule has 1 unspecified atom stereocenters. The van der Waals surface area contributed by atoms with E-state index in [2.05, 4.69) is 85.0 Å². The lowest BCUT2D eigenvalue weighted by Crippen LogP contribution is -2.31.